The molecule has 2 bridgehead atoms. The second kappa shape index (κ2) is 4.69. The zero-order valence-electron chi connectivity index (χ0n) is 10.4. The van der Waals surface area contributed by atoms with Gasteiger partial charge in [0.1, 0.15) is 0 Å². The van der Waals surface area contributed by atoms with Crippen molar-refractivity contribution >= 4 is 5.95 Å². The van der Waals surface area contributed by atoms with Crippen LogP contribution in [0, 0.1) is 11.8 Å². The standard InChI is InChI=1S/C13H21N3O/c1-17-7-6-16-5-4-14-13(16)15-12-9-10-2-3-11(12)8-10/h4-5,10-12H,2-3,6-9H2,1H3,(H,14,15). The van der Waals surface area contributed by atoms with Gasteiger partial charge in [-0.25, -0.2) is 4.98 Å². The zero-order chi connectivity index (χ0) is 11.7. The van der Waals surface area contributed by atoms with Crippen molar-refractivity contribution in [3.63, 3.8) is 0 Å². The first kappa shape index (κ1) is 11.1. The Hall–Kier alpha value is -1.03. The molecule has 3 rings (SSSR count). The van der Waals surface area contributed by atoms with Gasteiger partial charge in [-0.05, 0) is 31.1 Å². The molecule has 1 heterocycles. The fourth-order valence-electron chi connectivity index (χ4n) is 3.41. The Morgan fingerprint density at radius 1 is 1.47 bits per heavy atom. The van der Waals surface area contributed by atoms with Gasteiger partial charge in [0.05, 0.1) is 6.61 Å². The first-order valence-electron chi connectivity index (χ1n) is 6.63. The molecule has 0 radical (unpaired) electrons. The molecule has 0 aliphatic heterocycles. The van der Waals surface area contributed by atoms with E-state index in [0.29, 0.717) is 6.04 Å². The molecule has 2 saturated carbocycles. The number of ether oxygens (including phenoxy) is 1. The van der Waals surface area contributed by atoms with Crippen LogP contribution in [0.4, 0.5) is 5.95 Å². The lowest BCUT2D eigenvalue weighted by atomic mass is 9.95. The van der Waals surface area contributed by atoms with Gasteiger partial charge >= 0.3 is 0 Å². The van der Waals surface area contributed by atoms with E-state index in [9.17, 15) is 0 Å². The van der Waals surface area contributed by atoms with Gasteiger partial charge < -0.3 is 14.6 Å². The summed E-state index contributed by atoms with van der Waals surface area (Å²) in [6.45, 7) is 1.61. The van der Waals surface area contributed by atoms with Crippen LogP contribution in [0.3, 0.4) is 0 Å². The lowest BCUT2D eigenvalue weighted by Gasteiger charge is -2.23. The van der Waals surface area contributed by atoms with Crippen molar-refractivity contribution in [2.24, 2.45) is 11.8 Å². The smallest absolute Gasteiger partial charge is 0.203 e. The van der Waals surface area contributed by atoms with E-state index in [4.69, 9.17) is 4.74 Å². The number of nitrogens with one attached hydrogen (secondary N) is 1. The summed E-state index contributed by atoms with van der Waals surface area (Å²) in [5.41, 5.74) is 0. The second-order valence-electron chi connectivity index (χ2n) is 5.36. The van der Waals surface area contributed by atoms with Gasteiger partial charge in [0.25, 0.3) is 0 Å². The molecular formula is C13H21N3O. The number of nitrogens with zero attached hydrogens (tertiary/aromatic N) is 2. The maximum absolute atomic E-state index is 5.11. The summed E-state index contributed by atoms with van der Waals surface area (Å²) in [5.74, 6) is 2.87. The first-order valence-corrected chi connectivity index (χ1v) is 6.63. The minimum absolute atomic E-state index is 0.650. The minimum Gasteiger partial charge on any atom is -0.383 e. The highest BCUT2D eigenvalue weighted by Crippen LogP contribution is 2.45. The summed E-state index contributed by atoms with van der Waals surface area (Å²) in [6, 6.07) is 0.650. The number of fused-ring (bicyclic) bond motifs is 2. The van der Waals surface area contributed by atoms with E-state index in [0.717, 1.165) is 30.9 Å². The Labute approximate surface area is 102 Å². The molecule has 3 atom stereocenters. The summed E-state index contributed by atoms with van der Waals surface area (Å²) >= 11 is 0. The van der Waals surface area contributed by atoms with Gasteiger partial charge in [-0.2, -0.15) is 0 Å². The van der Waals surface area contributed by atoms with Gasteiger partial charge in [0.2, 0.25) is 5.95 Å². The second-order valence-corrected chi connectivity index (χ2v) is 5.36. The molecule has 2 aliphatic rings. The largest absolute Gasteiger partial charge is 0.383 e. The van der Waals surface area contributed by atoms with E-state index < -0.39 is 0 Å². The quantitative estimate of drug-likeness (QED) is 0.849. The van der Waals surface area contributed by atoms with Gasteiger partial charge in [-0.15, -0.1) is 0 Å². The van der Waals surface area contributed by atoms with E-state index in [1.807, 2.05) is 12.4 Å². The number of anilines is 1. The van der Waals surface area contributed by atoms with Crippen molar-refractivity contribution in [3.8, 4) is 0 Å². The van der Waals surface area contributed by atoms with Crippen molar-refractivity contribution in [3.05, 3.63) is 12.4 Å². The van der Waals surface area contributed by atoms with Crippen molar-refractivity contribution in [2.75, 3.05) is 19.0 Å². The van der Waals surface area contributed by atoms with Crippen molar-refractivity contribution in [1.29, 1.82) is 0 Å². The predicted octanol–water partition coefficient (Wildman–Crippen LogP) is 2.13. The molecule has 0 amide bonds. The van der Waals surface area contributed by atoms with Crippen LogP contribution >= 0.6 is 0 Å². The Bertz CT molecular complexity index is 376. The third-order valence-corrected chi connectivity index (χ3v) is 4.30. The number of imidazole rings is 1. The average Bonchev–Trinajstić information content (AvgIpc) is 3.02. The molecule has 17 heavy (non-hydrogen) atoms. The molecular weight excluding hydrogens is 214 g/mol. The maximum atomic E-state index is 5.11. The molecule has 0 aromatic carbocycles. The van der Waals surface area contributed by atoms with Gasteiger partial charge in [-0.1, -0.05) is 6.42 Å². The van der Waals surface area contributed by atoms with E-state index >= 15 is 0 Å². The molecule has 3 unspecified atom stereocenters. The van der Waals surface area contributed by atoms with E-state index in [1.54, 1.807) is 7.11 Å². The molecule has 2 fully saturated rings. The lowest BCUT2D eigenvalue weighted by molar-refractivity contribution is 0.187. The minimum atomic E-state index is 0.650. The fourth-order valence-corrected chi connectivity index (χ4v) is 3.41. The summed E-state index contributed by atoms with van der Waals surface area (Å²) < 4.78 is 7.26. The molecule has 0 saturated heterocycles. The van der Waals surface area contributed by atoms with Gasteiger partial charge in [-0.3, -0.25) is 0 Å². The molecule has 1 aromatic rings. The van der Waals surface area contributed by atoms with Crippen molar-refractivity contribution in [1.82, 2.24) is 9.55 Å². The van der Waals surface area contributed by atoms with E-state index in [1.165, 1.54) is 25.7 Å². The Balaban J connectivity index is 1.63. The van der Waals surface area contributed by atoms with Crippen molar-refractivity contribution < 1.29 is 4.74 Å². The Morgan fingerprint density at radius 3 is 3.12 bits per heavy atom. The van der Waals surface area contributed by atoms with Crippen LogP contribution in [0.2, 0.25) is 0 Å². The molecule has 2 aliphatic carbocycles. The maximum Gasteiger partial charge on any atom is 0.203 e. The van der Waals surface area contributed by atoms with Crippen LogP contribution in [0.15, 0.2) is 12.4 Å². The number of hydrogen-bond acceptors (Lipinski definition) is 3. The van der Waals surface area contributed by atoms with Crippen LogP contribution < -0.4 is 5.32 Å². The molecule has 1 aromatic heterocycles. The Morgan fingerprint density at radius 2 is 2.41 bits per heavy atom. The van der Waals surface area contributed by atoms with Crippen LogP contribution in [-0.2, 0) is 11.3 Å². The molecule has 1 N–H and O–H groups in total. The average molecular weight is 235 g/mol. The normalized spacial score (nSPS) is 31.0. The SMILES string of the molecule is COCCn1ccnc1NC1CC2CCC1C2. The summed E-state index contributed by atoms with van der Waals surface area (Å²) in [7, 11) is 1.74. The molecule has 0 spiro atoms. The van der Waals surface area contributed by atoms with Crippen LogP contribution in [0.5, 0.6) is 0 Å². The molecule has 4 nitrogen and oxygen atoms in total. The van der Waals surface area contributed by atoms with Crippen LogP contribution in [-0.4, -0.2) is 29.3 Å². The summed E-state index contributed by atoms with van der Waals surface area (Å²) in [4.78, 5) is 4.41. The monoisotopic (exact) mass is 235 g/mol. The van der Waals surface area contributed by atoms with Crippen LogP contribution in [0.1, 0.15) is 25.7 Å². The fraction of sp³-hybridized carbons (Fsp3) is 0.769. The third-order valence-electron chi connectivity index (χ3n) is 4.30. The van der Waals surface area contributed by atoms with E-state index in [2.05, 4.69) is 14.9 Å². The van der Waals surface area contributed by atoms with Crippen LogP contribution in [0.25, 0.3) is 0 Å². The van der Waals surface area contributed by atoms with E-state index in [-0.39, 0.29) is 0 Å². The highest BCUT2D eigenvalue weighted by atomic mass is 16.5. The summed E-state index contributed by atoms with van der Waals surface area (Å²) in [5, 5.41) is 3.63. The molecule has 94 valence electrons. The number of rotatable bonds is 5. The Kier molecular flexibility index (Phi) is 3.05. The first-order chi connectivity index (χ1) is 8.36. The number of methoxy groups -OCH3 is 1. The number of hydrogen-bond donors (Lipinski definition) is 1. The highest BCUT2D eigenvalue weighted by Gasteiger charge is 2.39. The van der Waals surface area contributed by atoms with Gasteiger partial charge in [0.15, 0.2) is 0 Å². The van der Waals surface area contributed by atoms with Gasteiger partial charge in [0, 0.05) is 32.1 Å². The van der Waals surface area contributed by atoms with Crippen molar-refractivity contribution in [2.45, 2.75) is 38.3 Å². The lowest BCUT2D eigenvalue weighted by Crippen LogP contribution is -2.27. The molecule has 4 heteroatoms. The predicted molar refractivity (Wildman–Crippen MR) is 67.0 cm³/mol. The topological polar surface area (TPSA) is 39.1 Å². The highest BCUT2D eigenvalue weighted by molar-refractivity contribution is 5.29. The zero-order valence-corrected chi connectivity index (χ0v) is 10.4. The number of aromatic nitrogens is 2. The third kappa shape index (κ3) is 2.18. The summed E-state index contributed by atoms with van der Waals surface area (Å²) in [6.07, 6.45) is 9.50.